The number of para-hydroxylation sites is 1. The van der Waals surface area contributed by atoms with Crippen molar-refractivity contribution in [1.29, 1.82) is 0 Å². The first-order valence-corrected chi connectivity index (χ1v) is 11.2. The molecule has 1 aliphatic rings. The number of urea groups is 1. The molecule has 7 nitrogen and oxygen atoms in total. The number of amides is 2. The average Bonchev–Trinajstić information content (AvgIpc) is 2.80. The van der Waals surface area contributed by atoms with Crippen molar-refractivity contribution in [3.05, 3.63) is 53.1 Å². The molecule has 0 aliphatic carbocycles. The van der Waals surface area contributed by atoms with E-state index in [1.807, 2.05) is 57.2 Å². The Bertz CT molecular complexity index is 959. The zero-order valence-corrected chi connectivity index (χ0v) is 19.3. The summed E-state index contributed by atoms with van der Waals surface area (Å²) in [6.07, 6.45) is 1.52. The molecular formula is C25H32N2O5. The molecule has 7 heteroatoms. The molecule has 0 bridgehead atoms. The van der Waals surface area contributed by atoms with Gasteiger partial charge in [0.2, 0.25) is 0 Å². The number of nitrogens with zero attached hydrogens (tertiary/aromatic N) is 1. The molecule has 2 aromatic carbocycles. The zero-order chi connectivity index (χ0) is 23.1. The van der Waals surface area contributed by atoms with Crippen molar-refractivity contribution in [1.82, 2.24) is 4.90 Å². The SMILES string of the molecule is CCOc1cc2c(cc1OCC)[C@@H](CC(=O)OC)N(C(=O)Nc1ccccc1CC)CC2. The third-order valence-electron chi connectivity index (χ3n) is 5.65. The van der Waals surface area contributed by atoms with Crippen LogP contribution >= 0.6 is 0 Å². The topological polar surface area (TPSA) is 77.1 Å². The number of rotatable bonds is 8. The molecule has 1 aliphatic heterocycles. The van der Waals surface area contributed by atoms with Gasteiger partial charge in [-0.05, 0) is 61.6 Å². The van der Waals surface area contributed by atoms with E-state index >= 15 is 0 Å². The lowest BCUT2D eigenvalue weighted by molar-refractivity contribution is -0.141. The van der Waals surface area contributed by atoms with Crippen molar-refractivity contribution in [2.24, 2.45) is 0 Å². The molecule has 0 saturated heterocycles. The molecule has 0 radical (unpaired) electrons. The van der Waals surface area contributed by atoms with Crippen molar-refractivity contribution >= 4 is 17.7 Å². The summed E-state index contributed by atoms with van der Waals surface area (Å²) < 4.78 is 16.5. The van der Waals surface area contributed by atoms with Gasteiger partial charge in [-0.2, -0.15) is 0 Å². The molecule has 32 heavy (non-hydrogen) atoms. The van der Waals surface area contributed by atoms with Crippen LogP contribution in [0.4, 0.5) is 10.5 Å². The van der Waals surface area contributed by atoms with Crippen LogP contribution in [-0.4, -0.2) is 43.8 Å². The summed E-state index contributed by atoms with van der Waals surface area (Å²) in [6, 6.07) is 10.9. The fourth-order valence-electron chi connectivity index (χ4n) is 4.09. The summed E-state index contributed by atoms with van der Waals surface area (Å²) in [5, 5.41) is 3.03. The van der Waals surface area contributed by atoms with Crippen molar-refractivity contribution in [2.75, 3.05) is 32.2 Å². The highest BCUT2D eigenvalue weighted by atomic mass is 16.5. The molecule has 172 valence electrons. The second-order valence-electron chi connectivity index (χ2n) is 7.54. The fraction of sp³-hybridized carbons (Fsp3) is 0.440. The lowest BCUT2D eigenvalue weighted by Gasteiger charge is -2.37. The molecule has 0 aromatic heterocycles. The number of esters is 1. The minimum atomic E-state index is -0.463. The summed E-state index contributed by atoms with van der Waals surface area (Å²) in [7, 11) is 1.36. The van der Waals surface area contributed by atoms with Crippen molar-refractivity contribution in [3.8, 4) is 11.5 Å². The molecule has 1 atom stereocenters. The van der Waals surface area contributed by atoms with E-state index < -0.39 is 6.04 Å². The first-order valence-electron chi connectivity index (χ1n) is 11.2. The number of hydrogen-bond acceptors (Lipinski definition) is 5. The van der Waals surface area contributed by atoms with Gasteiger partial charge in [0, 0.05) is 12.2 Å². The molecule has 2 aromatic rings. The Balaban J connectivity index is 1.97. The predicted octanol–water partition coefficient (Wildman–Crippen LogP) is 4.74. The highest BCUT2D eigenvalue weighted by molar-refractivity contribution is 5.91. The monoisotopic (exact) mass is 440 g/mol. The maximum Gasteiger partial charge on any atom is 0.322 e. The molecular weight excluding hydrogens is 408 g/mol. The van der Waals surface area contributed by atoms with Crippen LogP contribution in [0.25, 0.3) is 0 Å². The van der Waals surface area contributed by atoms with Gasteiger partial charge >= 0.3 is 12.0 Å². The van der Waals surface area contributed by atoms with Crippen LogP contribution in [-0.2, 0) is 22.4 Å². The third-order valence-corrected chi connectivity index (χ3v) is 5.65. The molecule has 2 amide bonds. The van der Waals surface area contributed by atoms with Gasteiger partial charge in [0.1, 0.15) is 0 Å². The standard InChI is InChI=1S/C25H32N2O5/c1-5-17-10-8-9-11-20(17)26-25(29)27-13-12-18-14-22(31-6-2)23(32-7-3)15-19(18)21(27)16-24(28)30-4/h8-11,14-15,21H,5-7,12-13,16H2,1-4H3,(H,26,29)/t21-/m1/s1. The molecule has 0 saturated carbocycles. The summed E-state index contributed by atoms with van der Waals surface area (Å²) >= 11 is 0. The van der Waals surface area contributed by atoms with E-state index in [0.29, 0.717) is 37.7 Å². The average molecular weight is 441 g/mol. The highest BCUT2D eigenvalue weighted by Crippen LogP contribution is 2.40. The quantitative estimate of drug-likeness (QED) is 0.600. The van der Waals surface area contributed by atoms with E-state index in [4.69, 9.17) is 14.2 Å². The molecule has 1 heterocycles. The van der Waals surface area contributed by atoms with Crippen molar-refractivity contribution in [2.45, 2.75) is 46.1 Å². The maximum absolute atomic E-state index is 13.3. The first-order chi connectivity index (χ1) is 15.5. The smallest absolute Gasteiger partial charge is 0.322 e. The van der Waals surface area contributed by atoms with E-state index in [2.05, 4.69) is 5.32 Å². The Morgan fingerprint density at radius 2 is 1.75 bits per heavy atom. The number of methoxy groups -OCH3 is 1. The highest BCUT2D eigenvalue weighted by Gasteiger charge is 2.34. The van der Waals surface area contributed by atoms with Crippen molar-refractivity contribution < 1.29 is 23.8 Å². The van der Waals surface area contributed by atoms with Crippen LogP contribution in [0.1, 0.15) is 49.9 Å². The normalized spacial score (nSPS) is 15.0. The van der Waals surface area contributed by atoms with Crippen molar-refractivity contribution in [3.63, 3.8) is 0 Å². The first kappa shape index (κ1) is 23.4. The second kappa shape index (κ2) is 10.9. The summed E-state index contributed by atoms with van der Waals surface area (Å²) in [4.78, 5) is 27.3. The van der Waals surface area contributed by atoms with Gasteiger partial charge in [0.15, 0.2) is 11.5 Å². The number of carbonyl (C=O) groups is 2. The maximum atomic E-state index is 13.3. The van der Waals surface area contributed by atoms with Crippen LogP contribution in [0.2, 0.25) is 0 Å². The van der Waals surface area contributed by atoms with Crippen LogP contribution in [0.3, 0.4) is 0 Å². The molecule has 3 rings (SSSR count). The van der Waals surface area contributed by atoms with Gasteiger partial charge in [-0.3, -0.25) is 4.79 Å². The number of aryl methyl sites for hydroxylation is 1. The Kier molecular flexibility index (Phi) is 7.98. The number of carbonyl (C=O) groups excluding carboxylic acids is 2. The second-order valence-corrected chi connectivity index (χ2v) is 7.54. The van der Waals surface area contributed by atoms with Crippen LogP contribution in [0, 0.1) is 0 Å². The predicted molar refractivity (Wildman–Crippen MR) is 123 cm³/mol. The molecule has 1 N–H and O–H groups in total. The van der Waals surface area contributed by atoms with Gasteiger partial charge in [-0.15, -0.1) is 0 Å². The minimum absolute atomic E-state index is 0.0614. The molecule has 0 spiro atoms. The number of benzene rings is 2. The van der Waals surface area contributed by atoms with E-state index in [-0.39, 0.29) is 18.4 Å². The Morgan fingerprint density at radius 3 is 2.41 bits per heavy atom. The zero-order valence-electron chi connectivity index (χ0n) is 19.3. The number of hydrogen-bond donors (Lipinski definition) is 1. The van der Waals surface area contributed by atoms with E-state index in [1.54, 1.807) is 4.90 Å². The number of fused-ring (bicyclic) bond motifs is 1. The van der Waals surface area contributed by atoms with Gasteiger partial charge in [0.05, 0.1) is 32.8 Å². The van der Waals surface area contributed by atoms with Gasteiger partial charge in [0.25, 0.3) is 0 Å². The molecule has 0 fully saturated rings. The Labute approximate surface area is 189 Å². The van der Waals surface area contributed by atoms with Crippen LogP contribution in [0.5, 0.6) is 11.5 Å². The van der Waals surface area contributed by atoms with E-state index in [9.17, 15) is 9.59 Å². The largest absolute Gasteiger partial charge is 0.490 e. The van der Waals surface area contributed by atoms with Crippen LogP contribution in [0.15, 0.2) is 36.4 Å². The van der Waals surface area contributed by atoms with Gasteiger partial charge in [-0.1, -0.05) is 25.1 Å². The Morgan fingerprint density at radius 1 is 1.06 bits per heavy atom. The summed E-state index contributed by atoms with van der Waals surface area (Å²) in [5.41, 5.74) is 3.77. The summed E-state index contributed by atoms with van der Waals surface area (Å²) in [5.74, 6) is 0.919. The third kappa shape index (κ3) is 5.15. The Hall–Kier alpha value is -3.22. The minimum Gasteiger partial charge on any atom is -0.490 e. The lowest BCUT2D eigenvalue weighted by Crippen LogP contribution is -2.43. The fourth-order valence-corrected chi connectivity index (χ4v) is 4.09. The lowest BCUT2D eigenvalue weighted by atomic mass is 9.90. The number of ether oxygens (including phenoxy) is 3. The summed E-state index contributed by atoms with van der Waals surface area (Å²) in [6.45, 7) is 7.37. The van der Waals surface area contributed by atoms with Gasteiger partial charge in [-0.25, -0.2) is 4.79 Å². The van der Waals surface area contributed by atoms with E-state index in [0.717, 1.165) is 28.8 Å². The van der Waals surface area contributed by atoms with Crippen LogP contribution < -0.4 is 14.8 Å². The molecule has 0 unspecified atom stereocenters. The van der Waals surface area contributed by atoms with E-state index in [1.165, 1.54) is 7.11 Å². The van der Waals surface area contributed by atoms with Gasteiger partial charge < -0.3 is 24.4 Å². The number of nitrogens with one attached hydrogen (secondary N) is 1. The number of anilines is 1.